The largest absolute Gasteiger partial charge is 0.465 e. The average Bonchev–Trinajstić information content (AvgIpc) is 2.18. The Kier molecular flexibility index (Phi) is 3.73. The molecular weight excluding hydrogens is 190 g/mol. The minimum absolute atomic E-state index is 0.337. The first-order valence-electron chi connectivity index (χ1n) is 3.78. The maximum absolute atomic E-state index is 11.1. The Balaban J connectivity index is 2.85. The molecule has 0 spiro atoms. The molecule has 0 aliphatic carbocycles. The Labute approximate surface area is 81.8 Å². The number of rotatable bonds is 3. The normalized spacial score (nSPS) is 9.69. The van der Waals surface area contributed by atoms with Gasteiger partial charge in [0.1, 0.15) is 0 Å². The molecule has 0 radical (unpaired) electrons. The maximum atomic E-state index is 11.1. The van der Waals surface area contributed by atoms with Crippen molar-refractivity contribution in [3.63, 3.8) is 0 Å². The number of methoxy groups -OCH3 is 1. The SMILES string of the molecule is COC(=O)c1cccc(CNCl)c1. The van der Waals surface area contributed by atoms with E-state index in [2.05, 4.69) is 9.57 Å². The summed E-state index contributed by atoms with van der Waals surface area (Å²) in [6.45, 7) is 0.520. The van der Waals surface area contributed by atoms with Gasteiger partial charge < -0.3 is 4.74 Å². The standard InChI is InChI=1S/C9H10ClNO2/c1-13-9(12)8-4-2-3-7(5-8)6-11-10/h2-5,11H,6H2,1H3. The molecule has 0 bridgehead atoms. The molecule has 0 aliphatic heterocycles. The van der Waals surface area contributed by atoms with Gasteiger partial charge in [0.05, 0.1) is 12.7 Å². The number of hydrogen-bond acceptors (Lipinski definition) is 3. The molecule has 70 valence electrons. The third-order valence-corrected chi connectivity index (χ3v) is 1.75. The molecule has 0 aromatic heterocycles. The van der Waals surface area contributed by atoms with Crippen LogP contribution >= 0.6 is 11.8 Å². The monoisotopic (exact) mass is 199 g/mol. The van der Waals surface area contributed by atoms with Gasteiger partial charge in [0.25, 0.3) is 0 Å². The van der Waals surface area contributed by atoms with Crippen molar-refractivity contribution in [1.82, 2.24) is 4.84 Å². The van der Waals surface area contributed by atoms with Gasteiger partial charge in [-0.15, -0.1) is 0 Å². The fraction of sp³-hybridized carbons (Fsp3) is 0.222. The molecule has 1 rings (SSSR count). The number of benzene rings is 1. The molecule has 0 saturated carbocycles. The smallest absolute Gasteiger partial charge is 0.337 e. The van der Waals surface area contributed by atoms with Crippen LogP contribution in [0.5, 0.6) is 0 Å². The highest BCUT2D eigenvalue weighted by Gasteiger charge is 2.04. The first-order chi connectivity index (χ1) is 6.27. The van der Waals surface area contributed by atoms with Crippen molar-refractivity contribution in [3.8, 4) is 0 Å². The van der Waals surface area contributed by atoms with Crippen molar-refractivity contribution in [1.29, 1.82) is 0 Å². The highest BCUT2D eigenvalue weighted by molar-refractivity contribution is 6.13. The molecule has 4 heteroatoms. The number of carbonyl (C=O) groups is 1. The lowest BCUT2D eigenvalue weighted by molar-refractivity contribution is 0.0600. The van der Waals surface area contributed by atoms with Crippen LogP contribution in [0.1, 0.15) is 15.9 Å². The van der Waals surface area contributed by atoms with Crippen molar-refractivity contribution in [2.75, 3.05) is 7.11 Å². The Bertz CT molecular complexity index is 301. The van der Waals surface area contributed by atoms with Crippen molar-refractivity contribution in [3.05, 3.63) is 35.4 Å². The summed E-state index contributed by atoms with van der Waals surface area (Å²) in [4.78, 5) is 13.6. The van der Waals surface area contributed by atoms with Crippen LogP contribution in [0.4, 0.5) is 0 Å². The lowest BCUT2D eigenvalue weighted by atomic mass is 10.1. The van der Waals surface area contributed by atoms with Crippen LogP contribution in [0.3, 0.4) is 0 Å². The zero-order valence-electron chi connectivity index (χ0n) is 7.21. The maximum Gasteiger partial charge on any atom is 0.337 e. The molecule has 3 nitrogen and oxygen atoms in total. The molecule has 1 N–H and O–H groups in total. The Morgan fingerprint density at radius 1 is 1.62 bits per heavy atom. The highest BCUT2D eigenvalue weighted by Crippen LogP contribution is 2.06. The van der Waals surface area contributed by atoms with Crippen LogP contribution in [-0.2, 0) is 11.3 Å². The van der Waals surface area contributed by atoms with E-state index in [0.29, 0.717) is 12.1 Å². The third kappa shape index (κ3) is 2.72. The number of hydrogen-bond donors (Lipinski definition) is 1. The van der Waals surface area contributed by atoms with Crippen LogP contribution in [0.25, 0.3) is 0 Å². The Morgan fingerprint density at radius 2 is 2.38 bits per heavy atom. The molecule has 0 amide bonds. The second-order valence-corrected chi connectivity index (χ2v) is 2.77. The molecule has 13 heavy (non-hydrogen) atoms. The summed E-state index contributed by atoms with van der Waals surface area (Å²) in [7, 11) is 1.36. The van der Waals surface area contributed by atoms with E-state index in [1.165, 1.54) is 7.11 Å². The van der Waals surface area contributed by atoms with Crippen LogP contribution < -0.4 is 4.84 Å². The number of ether oxygens (including phenoxy) is 1. The molecule has 0 aliphatic rings. The molecule has 0 heterocycles. The molecule has 1 aromatic rings. The average molecular weight is 200 g/mol. The van der Waals surface area contributed by atoms with Gasteiger partial charge in [0.2, 0.25) is 0 Å². The summed E-state index contributed by atoms with van der Waals surface area (Å²) in [6, 6.07) is 7.10. The van der Waals surface area contributed by atoms with Crippen molar-refractivity contribution in [2.45, 2.75) is 6.54 Å². The predicted octanol–water partition coefficient (Wildman–Crippen LogP) is 1.72. The van der Waals surface area contributed by atoms with Gasteiger partial charge in [0, 0.05) is 6.54 Å². The minimum atomic E-state index is -0.337. The highest BCUT2D eigenvalue weighted by atomic mass is 35.5. The van der Waals surface area contributed by atoms with E-state index in [1.54, 1.807) is 18.2 Å². The van der Waals surface area contributed by atoms with E-state index in [9.17, 15) is 4.79 Å². The van der Waals surface area contributed by atoms with Crippen molar-refractivity contribution in [2.24, 2.45) is 0 Å². The van der Waals surface area contributed by atoms with Gasteiger partial charge in [0.15, 0.2) is 0 Å². The topological polar surface area (TPSA) is 38.3 Å². The van der Waals surface area contributed by atoms with Gasteiger partial charge >= 0.3 is 5.97 Å². The van der Waals surface area contributed by atoms with Crippen molar-refractivity contribution >= 4 is 17.7 Å². The Morgan fingerprint density at radius 3 is 3.00 bits per heavy atom. The quantitative estimate of drug-likeness (QED) is 0.595. The van der Waals surface area contributed by atoms with E-state index in [4.69, 9.17) is 11.8 Å². The molecular formula is C9H10ClNO2. The summed E-state index contributed by atoms with van der Waals surface area (Å²) in [5, 5.41) is 0. The van der Waals surface area contributed by atoms with E-state index < -0.39 is 0 Å². The lowest BCUT2D eigenvalue weighted by Gasteiger charge is -2.01. The lowest BCUT2D eigenvalue weighted by Crippen LogP contribution is -2.04. The van der Waals surface area contributed by atoms with E-state index >= 15 is 0 Å². The fourth-order valence-electron chi connectivity index (χ4n) is 1.00. The number of carbonyl (C=O) groups excluding carboxylic acids is 1. The van der Waals surface area contributed by atoms with E-state index in [1.807, 2.05) is 6.07 Å². The number of halogens is 1. The Hall–Kier alpha value is -1.06. The van der Waals surface area contributed by atoms with Gasteiger partial charge in [-0.05, 0) is 29.5 Å². The molecule has 0 saturated heterocycles. The van der Waals surface area contributed by atoms with Crippen LogP contribution in [0.2, 0.25) is 0 Å². The van der Waals surface area contributed by atoms with E-state index in [0.717, 1.165) is 5.56 Å². The second-order valence-electron chi connectivity index (χ2n) is 2.50. The van der Waals surface area contributed by atoms with Gasteiger partial charge in [-0.1, -0.05) is 12.1 Å². The molecule has 0 unspecified atom stereocenters. The van der Waals surface area contributed by atoms with Crippen LogP contribution in [0, 0.1) is 0 Å². The fourth-order valence-corrected chi connectivity index (χ4v) is 1.16. The predicted molar refractivity (Wildman–Crippen MR) is 50.5 cm³/mol. The van der Waals surface area contributed by atoms with Gasteiger partial charge in [-0.2, -0.15) is 0 Å². The van der Waals surface area contributed by atoms with Crippen LogP contribution in [0.15, 0.2) is 24.3 Å². The first kappa shape index (κ1) is 10.0. The number of nitrogens with one attached hydrogen (secondary N) is 1. The van der Waals surface area contributed by atoms with E-state index in [-0.39, 0.29) is 5.97 Å². The van der Waals surface area contributed by atoms with Crippen molar-refractivity contribution < 1.29 is 9.53 Å². The zero-order chi connectivity index (χ0) is 9.68. The molecule has 0 atom stereocenters. The second kappa shape index (κ2) is 4.84. The van der Waals surface area contributed by atoms with Gasteiger partial charge in [-0.3, -0.25) is 0 Å². The van der Waals surface area contributed by atoms with Gasteiger partial charge in [-0.25, -0.2) is 9.63 Å². The summed E-state index contributed by atoms with van der Waals surface area (Å²) in [5.74, 6) is -0.337. The van der Waals surface area contributed by atoms with Crippen LogP contribution in [-0.4, -0.2) is 13.1 Å². The number of esters is 1. The summed E-state index contributed by atoms with van der Waals surface area (Å²) in [5.41, 5.74) is 1.48. The zero-order valence-corrected chi connectivity index (χ0v) is 7.97. The molecule has 0 fully saturated rings. The summed E-state index contributed by atoms with van der Waals surface area (Å²) < 4.78 is 4.58. The minimum Gasteiger partial charge on any atom is -0.465 e. The third-order valence-electron chi connectivity index (χ3n) is 1.62. The molecule has 1 aromatic carbocycles. The first-order valence-corrected chi connectivity index (χ1v) is 4.16. The summed E-state index contributed by atoms with van der Waals surface area (Å²) >= 11 is 5.34. The summed E-state index contributed by atoms with van der Waals surface area (Å²) in [6.07, 6.45) is 0.